The molecular weight excluding hydrogens is 296 g/mol. The van der Waals surface area contributed by atoms with Crippen molar-refractivity contribution in [3.8, 4) is 0 Å². The molecule has 2 heterocycles. The number of hydrogen-bond acceptors (Lipinski definition) is 5. The predicted octanol–water partition coefficient (Wildman–Crippen LogP) is 0.451. The SMILES string of the molecule is CNCC1CCCN(S(=O)(=O)NCCc2cscn2)C1. The quantitative estimate of drug-likeness (QED) is 0.765. The molecule has 114 valence electrons. The van der Waals surface area contributed by atoms with E-state index in [0.29, 0.717) is 32.0 Å². The Kier molecular flexibility index (Phi) is 5.91. The Balaban J connectivity index is 1.82. The predicted molar refractivity (Wildman–Crippen MR) is 81.0 cm³/mol. The van der Waals surface area contributed by atoms with Gasteiger partial charge in [-0.3, -0.25) is 0 Å². The van der Waals surface area contributed by atoms with Crippen molar-refractivity contribution >= 4 is 21.5 Å². The molecule has 1 fully saturated rings. The second-order valence-corrected chi connectivity index (χ2v) is 7.53. The molecule has 0 amide bonds. The molecule has 0 radical (unpaired) electrons. The molecule has 2 N–H and O–H groups in total. The van der Waals surface area contributed by atoms with Gasteiger partial charge in [-0.05, 0) is 32.4 Å². The summed E-state index contributed by atoms with van der Waals surface area (Å²) in [6.07, 6.45) is 2.65. The highest BCUT2D eigenvalue weighted by Gasteiger charge is 2.28. The fraction of sp³-hybridized carbons (Fsp3) is 0.750. The van der Waals surface area contributed by atoms with E-state index in [1.165, 1.54) is 11.3 Å². The van der Waals surface area contributed by atoms with Crippen molar-refractivity contribution < 1.29 is 8.42 Å². The summed E-state index contributed by atoms with van der Waals surface area (Å²) in [5.74, 6) is 0.406. The van der Waals surface area contributed by atoms with Crippen molar-refractivity contribution in [3.05, 3.63) is 16.6 Å². The lowest BCUT2D eigenvalue weighted by Crippen LogP contribution is -2.47. The monoisotopic (exact) mass is 318 g/mol. The summed E-state index contributed by atoms with van der Waals surface area (Å²) in [7, 11) is -1.45. The first kappa shape index (κ1) is 15.8. The number of rotatable bonds is 7. The van der Waals surface area contributed by atoms with E-state index in [-0.39, 0.29) is 0 Å². The van der Waals surface area contributed by atoms with E-state index in [9.17, 15) is 8.42 Å². The maximum atomic E-state index is 12.2. The number of nitrogens with zero attached hydrogens (tertiary/aromatic N) is 2. The van der Waals surface area contributed by atoms with Gasteiger partial charge in [0.25, 0.3) is 10.2 Å². The van der Waals surface area contributed by atoms with E-state index in [1.54, 1.807) is 9.82 Å². The third-order valence-electron chi connectivity index (χ3n) is 3.46. The zero-order valence-corrected chi connectivity index (χ0v) is 13.3. The molecule has 20 heavy (non-hydrogen) atoms. The maximum absolute atomic E-state index is 12.2. The first-order valence-electron chi connectivity index (χ1n) is 6.88. The highest BCUT2D eigenvalue weighted by Crippen LogP contribution is 2.17. The second kappa shape index (κ2) is 7.46. The lowest BCUT2D eigenvalue weighted by molar-refractivity contribution is 0.261. The fourth-order valence-corrected chi connectivity index (χ4v) is 4.37. The van der Waals surface area contributed by atoms with E-state index in [2.05, 4.69) is 15.0 Å². The van der Waals surface area contributed by atoms with Gasteiger partial charge in [-0.1, -0.05) is 0 Å². The van der Waals surface area contributed by atoms with Crippen LogP contribution in [0.15, 0.2) is 10.9 Å². The van der Waals surface area contributed by atoms with Crippen LogP contribution in [0.1, 0.15) is 18.5 Å². The molecule has 1 unspecified atom stereocenters. The molecule has 6 nitrogen and oxygen atoms in total. The van der Waals surface area contributed by atoms with Crippen LogP contribution < -0.4 is 10.0 Å². The number of aromatic nitrogens is 1. The first-order chi connectivity index (χ1) is 9.62. The van der Waals surface area contributed by atoms with Crippen molar-refractivity contribution in [2.45, 2.75) is 19.3 Å². The molecule has 0 aromatic carbocycles. The minimum Gasteiger partial charge on any atom is -0.319 e. The van der Waals surface area contributed by atoms with Crippen LogP contribution in [-0.2, 0) is 16.6 Å². The molecular formula is C12H22N4O2S2. The van der Waals surface area contributed by atoms with E-state index >= 15 is 0 Å². The lowest BCUT2D eigenvalue weighted by atomic mass is 10.00. The van der Waals surface area contributed by atoms with Gasteiger partial charge in [0.15, 0.2) is 0 Å². The summed E-state index contributed by atoms with van der Waals surface area (Å²) in [6, 6.07) is 0. The molecule has 1 aromatic heterocycles. The molecule has 0 spiro atoms. The van der Waals surface area contributed by atoms with Gasteiger partial charge in [-0.2, -0.15) is 12.7 Å². The van der Waals surface area contributed by atoms with Crippen LogP contribution >= 0.6 is 11.3 Å². The van der Waals surface area contributed by atoms with E-state index in [0.717, 1.165) is 25.1 Å². The van der Waals surface area contributed by atoms with E-state index < -0.39 is 10.2 Å². The maximum Gasteiger partial charge on any atom is 0.279 e. The van der Waals surface area contributed by atoms with Crippen molar-refractivity contribution in [1.29, 1.82) is 0 Å². The zero-order chi connectivity index (χ0) is 14.4. The van der Waals surface area contributed by atoms with Crippen LogP contribution in [0.2, 0.25) is 0 Å². The van der Waals surface area contributed by atoms with Gasteiger partial charge >= 0.3 is 0 Å². The van der Waals surface area contributed by atoms with E-state index in [1.807, 2.05) is 12.4 Å². The van der Waals surface area contributed by atoms with Gasteiger partial charge in [0.1, 0.15) is 0 Å². The topological polar surface area (TPSA) is 74.3 Å². The van der Waals surface area contributed by atoms with Crippen LogP contribution in [0, 0.1) is 5.92 Å². The van der Waals surface area contributed by atoms with Gasteiger partial charge in [-0.25, -0.2) is 9.71 Å². The Labute approximate surface area is 124 Å². The molecule has 1 aliphatic rings. The molecule has 1 aliphatic heterocycles. The van der Waals surface area contributed by atoms with Crippen LogP contribution in [0.4, 0.5) is 0 Å². The third-order valence-corrected chi connectivity index (χ3v) is 5.68. The third kappa shape index (κ3) is 4.49. The van der Waals surface area contributed by atoms with Gasteiger partial charge in [0.2, 0.25) is 0 Å². The largest absolute Gasteiger partial charge is 0.319 e. The molecule has 2 rings (SSSR count). The van der Waals surface area contributed by atoms with Gasteiger partial charge < -0.3 is 5.32 Å². The van der Waals surface area contributed by atoms with E-state index in [4.69, 9.17) is 0 Å². The normalized spacial score (nSPS) is 21.1. The minimum atomic E-state index is -3.36. The summed E-state index contributed by atoms with van der Waals surface area (Å²) in [4.78, 5) is 4.15. The fourth-order valence-electron chi connectivity index (χ4n) is 2.46. The minimum absolute atomic E-state index is 0.402. The molecule has 1 aromatic rings. The summed E-state index contributed by atoms with van der Waals surface area (Å²) in [6.45, 7) is 2.49. The highest BCUT2D eigenvalue weighted by molar-refractivity contribution is 7.87. The Bertz CT molecular complexity index is 488. The van der Waals surface area contributed by atoms with Gasteiger partial charge in [0.05, 0.1) is 11.2 Å². The van der Waals surface area contributed by atoms with Crippen LogP contribution in [0.25, 0.3) is 0 Å². The summed E-state index contributed by atoms with van der Waals surface area (Å²) in [5, 5.41) is 5.06. The molecule has 0 saturated carbocycles. The Morgan fingerprint density at radius 1 is 1.55 bits per heavy atom. The lowest BCUT2D eigenvalue weighted by Gasteiger charge is -2.31. The number of nitrogens with one attached hydrogen (secondary N) is 2. The van der Waals surface area contributed by atoms with Crippen molar-refractivity contribution in [2.24, 2.45) is 5.92 Å². The average molecular weight is 318 g/mol. The zero-order valence-electron chi connectivity index (χ0n) is 11.7. The van der Waals surface area contributed by atoms with Crippen molar-refractivity contribution in [2.75, 3.05) is 33.2 Å². The van der Waals surface area contributed by atoms with Crippen LogP contribution in [0.5, 0.6) is 0 Å². The molecule has 0 aliphatic carbocycles. The molecule has 1 saturated heterocycles. The highest BCUT2D eigenvalue weighted by atomic mass is 32.2. The summed E-state index contributed by atoms with van der Waals surface area (Å²) >= 11 is 1.53. The Hall–Kier alpha value is -0.540. The number of piperidine rings is 1. The molecule has 8 heteroatoms. The van der Waals surface area contributed by atoms with Crippen LogP contribution in [0.3, 0.4) is 0 Å². The van der Waals surface area contributed by atoms with Crippen LogP contribution in [-0.4, -0.2) is 50.9 Å². The number of thiazole rings is 1. The molecule has 1 atom stereocenters. The second-order valence-electron chi connectivity index (χ2n) is 5.05. The Morgan fingerprint density at radius 2 is 2.40 bits per heavy atom. The first-order valence-corrected chi connectivity index (χ1v) is 9.26. The standard InChI is InChI=1S/C12H22N4O2S2/c1-13-7-11-3-2-6-16(8-11)20(17,18)15-5-4-12-9-19-10-14-12/h9-11,13,15H,2-8H2,1H3. The Morgan fingerprint density at radius 3 is 3.10 bits per heavy atom. The molecule has 0 bridgehead atoms. The smallest absolute Gasteiger partial charge is 0.279 e. The average Bonchev–Trinajstić information content (AvgIpc) is 2.92. The van der Waals surface area contributed by atoms with Gasteiger partial charge in [0, 0.05) is 31.4 Å². The van der Waals surface area contributed by atoms with Crippen molar-refractivity contribution in [3.63, 3.8) is 0 Å². The van der Waals surface area contributed by atoms with Crippen molar-refractivity contribution in [1.82, 2.24) is 19.3 Å². The summed E-state index contributed by atoms with van der Waals surface area (Å²) in [5.41, 5.74) is 2.70. The number of hydrogen-bond donors (Lipinski definition) is 2. The summed E-state index contributed by atoms with van der Waals surface area (Å²) < 4.78 is 28.7. The van der Waals surface area contributed by atoms with Gasteiger partial charge in [-0.15, -0.1) is 11.3 Å².